The van der Waals surface area contributed by atoms with Gasteiger partial charge in [0.05, 0.1) is 5.69 Å². The summed E-state index contributed by atoms with van der Waals surface area (Å²) >= 11 is 0. The third-order valence-corrected chi connectivity index (χ3v) is 4.36. The van der Waals surface area contributed by atoms with E-state index in [1.54, 1.807) is 12.3 Å². The van der Waals surface area contributed by atoms with E-state index in [2.05, 4.69) is 9.88 Å². The Hall–Kier alpha value is -1.46. The molecule has 0 bridgehead atoms. The summed E-state index contributed by atoms with van der Waals surface area (Å²) in [6.07, 6.45) is 5.22. The third-order valence-electron chi connectivity index (χ3n) is 4.36. The standard InChI is InChI=1S/C15H22N4O/c16-10-13-9-12(4-5-17-13)15(20)19-8-2-7-18-6-1-3-14(18)11-19/h4-5,9,14H,1-3,6-8,10-11,16H2. The maximum Gasteiger partial charge on any atom is 0.254 e. The molecule has 3 rings (SSSR count). The minimum Gasteiger partial charge on any atom is -0.337 e. The van der Waals surface area contributed by atoms with Gasteiger partial charge >= 0.3 is 0 Å². The lowest BCUT2D eigenvalue weighted by atomic mass is 10.1. The van der Waals surface area contributed by atoms with E-state index >= 15 is 0 Å². The van der Waals surface area contributed by atoms with Crippen LogP contribution >= 0.6 is 0 Å². The van der Waals surface area contributed by atoms with E-state index in [0.29, 0.717) is 18.2 Å². The zero-order valence-electron chi connectivity index (χ0n) is 11.8. The number of nitrogens with two attached hydrogens (primary N) is 1. The molecule has 1 atom stereocenters. The van der Waals surface area contributed by atoms with Crippen molar-refractivity contribution in [1.29, 1.82) is 0 Å². The van der Waals surface area contributed by atoms with E-state index in [1.807, 2.05) is 11.0 Å². The van der Waals surface area contributed by atoms with Crippen LogP contribution in [0.1, 0.15) is 35.3 Å². The SMILES string of the molecule is NCc1cc(C(=O)N2CCCN3CCCC3C2)ccn1. The Balaban J connectivity index is 1.75. The summed E-state index contributed by atoms with van der Waals surface area (Å²) < 4.78 is 0. The zero-order chi connectivity index (χ0) is 13.9. The number of carbonyl (C=O) groups excluding carboxylic acids is 1. The van der Waals surface area contributed by atoms with E-state index in [-0.39, 0.29) is 5.91 Å². The fourth-order valence-corrected chi connectivity index (χ4v) is 3.30. The number of rotatable bonds is 2. The molecule has 108 valence electrons. The summed E-state index contributed by atoms with van der Waals surface area (Å²) in [6, 6.07) is 4.16. The predicted molar refractivity (Wildman–Crippen MR) is 77.2 cm³/mol. The number of hydrogen-bond acceptors (Lipinski definition) is 4. The molecular formula is C15H22N4O. The van der Waals surface area contributed by atoms with Crippen molar-refractivity contribution in [2.45, 2.75) is 31.8 Å². The van der Waals surface area contributed by atoms with Gasteiger partial charge in [0, 0.05) is 44.0 Å². The molecule has 2 saturated heterocycles. The zero-order valence-corrected chi connectivity index (χ0v) is 11.8. The Labute approximate surface area is 119 Å². The molecule has 1 unspecified atom stereocenters. The molecule has 5 heteroatoms. The summed E-state index contributed by atoms with van der Waals surface area (Å²) in [7, 11) is 0. The van der Waals surface area contributed by atoms with Gasteiger partial charge in [0.2, 0.25) is 0 Å². The first kappa shape index (κ1) is 13.5. The molecule has 0 saturated carbocycles. The topological polar surface area (TPSA) is 62.5 Å². The third kappa shape index (κ3) is 2.69. The summed E-state index contributed by atoms with van der Waals surface area (Å²) in [6.45, 7) is 4.40. The lowest BCUT2D eigenvalue weighted by Crippen LogP contribution is -2.39. The molecule has 0 aliphatic carbocycles. The Morgan fingerprint density at radius 3 is 3.05 bits per heavy atom. The average molecular weight is 274 g/mol. The van der Waals surface area contributed by atoms with Gasteiger partial charge in [-0.1, -0.05) is 0 Å². The van der Waals surface area contributed by atoms with Crippen LogP contribution in [-0.2, 0) is 6.54 Å². The van der Waals surface area contributed by atoms with E-state index in [0.717, 1.165) is 31.7 Å². The van der Waals surface area contributed by atoms with Crippen LogP contribution in [0.2, 0.25) is 0 Å². The van der Waals surface area contributed by atoms with Crippen molar-refractivity contribution < 1.29 is 4.79 Å². The smallest absolute Gasteiger partial charge is 0.254 e. The van der Waals surface area contributed by atoms with Crippen molar-refractivity contribution in [2.75, 3.05) is 26.2 Å². The van der Waals surface area contributed by atoms with Crippen LogP contribution in [0.15, 0.2) is 18.3 Å². The lowest BCUT2D eigenvalue weighted by molar-refractivity contribution is 0.0743. The van der Waals surface area contributed by atoms with Crippen molar-refractivity contribution in [1.82, 2.24) is 14.8 Å². The first-order valence-electron chi connectivity index (χ1n) is 7.46. The fourth-order valence-electron chi connectivity index (χ4n) is 3.30. The van der Waals surface area contributed by atoms with Crippen LogP contribution in [-0.4, -0.2) is 52.9 Å². The van der Waals surface area contributed by atoms with Gasteiger partial charge in [-0.15, -0.1) is 0 Å². The first-order valence-corrected chi connectivity index (χ1v) is 7.46. The predicted octanol–water partition coefficient (Wildman–Crippen LogP) is 0.851. The Morgan fingerprint density at radius 1 is 1.35 bits per heavy atom. The number of carbonyl (C=O) groups is 1. The van der Waals surface area contributed by atoms with Crippen molar-refractivity contribution in [3.8, 4) is 0 Å². The molecule has 20 heavy (non-hydrogen) atoms. The Kier molecular flexibility index (Phi) is 3.98. The molecule has 0 spiro atoms. The Morgan fingerprint density at radius 2 is 2.20 bits per heavy atom. The van der Waals surface area contributed by atoms with E-state index in [4.69, 9.17) is 5.73 Å². The van der Waals surface area contributed by atoms with Gasteiger partial charge in [-0.05, 0) is 37.9 Å². The van der Waals surface area contributed by atoms with Crippen LogP contribution in [0.5, 0.6) is 0 Å². The summed E-state index contributed by atoms with van der Waals surface area (Å²) in [5.74, 6) is 0.121. The van der Waals surface area contributed by atoms with Gasteiger partial charge in [-0.2, -0.15) is 0 Å². The molecule has 1 aromatic rings. The highest BCUT2D eigenvalue weighted by Gasteiger charge is 2.30. The highest BCUT2D eigenvalue weighted by molar-refractivity contribution is 5.94. The van der Waals surface area contributed by atoms with Gasteiger partial charge in [-0.25, -0.2) is 0 Å². The van der Waals surface area contributed by atoms with E-state index in [1.165, 1.54) is 19.4 Å². The van der Waals surface area contributed by atoms with Crippen LogP contribution in [0.25, 0.3) is 0 Å². The normalized spacial score (nSPS) is 23.4. The second-order valence-corrected chi connectivity index (χ2v) is 5.68. The lowest BCUT2D eigenvalue weighted by Gasteiger charge is -2.25. The highest BCUT2D eigenvalue weighted by atomic mass is 16.2. The molecule has 2 fully saturated rings. The average Bonchev–Trinajstić information content (AvgIpc) is 2.83. The molecular weight excluding hydrogens is 252 g/mol. The molecule has 1 amide bonds. The van der Waals surface area contributed by atoms with Crippen LogP contribution < -0.4 is 5.73 Å². The molecule has 2 aliphatic heterocycles. The minimum absolute atomic E-state index is 0.121. The number of aromatic nitrogens is 1. The van der Waals surface area contributed by atoms with Crippen molar-refractivity contribution in [2.24, 2.45) is 5.73 Å². The molecule has 0 radical (unpaired) electrons. The maximum atomic E-state index is 12.6. The van der Waals surface area contributed by atoms with Gasteiger partial charge in [0.1, 0.15) is 0 Å². The monoisotopic (exact) mass is 274 g/mol. The fraction of sp³-hybridized carbons (Fsp3) is 0.600. The second-order valence-electron chi connectivity index (χ2n) is 5.68. The van der Waals surface area contributed by atoms with Gasteiger partial charge in [0.25, 0.3) is 5.91 Å². The number of amides is 1. The van der Waals surface area contributed by atoms with E-state index in [9.17, 15) is 4.79 Å². The second kappa shape index (κ2) is 5.89. The quantitative estimate of drug-likeness (QED) is 0.868. The summed E-state index contributed by atoms with van der Waals surface area (Å²) in [5, 5.41) is 0. The van der Waals surface area contributed by atoms with Crippen molar-refractivity contribution in [3.63, 3.8) is 0 Å². The van der Waals surface area contributed by atoms with E-state index < -0.39 is 0 Å². The molecule has 5 nitrogen and oxygen atoms in total. The molecule has 0 aromatic carbocycles. The largest absolute Gasteiger partial charge is 0.337 e. The number of pyridine rings is 1. The highest BCUT2D eigenvalue weighted by Crippen LogP contribution is 2.22. The Bertz CT molecular complexity index is 491. The van der Waals surface area contributed by atoms with Gasteiger partial charge in [0.15, 0.2) is 0 Å². The summed E-state index contributed by atoms with van der Waals surface area (Å²) in [4.78, 5) is 21.3. The van der Waals surface area contributed by atoms with Crippen molar-refractivity contribution in [3.05, 3.63) is 29.6 Å². The number of fused-ring (bicyclic) bond motifs is 1. The maximum absolute atomic E-state index is 12.6. The molecule has 2 N–H and O–H groups in total. The van der Waals surface area contributed by atoms with Crippen molar-refractivity contribution >= 4 is 5.91 Å². The van der Waals surface area contributed by atoms with Gasteiger partial charge in [-0.3, -0.25) is 14.7 Å². The molecule has 1 aromatic heterocycles. The van der Waals surface area contributed by atoms with Crippen LogP contribution in [0.4, 0.5) is 0 Å². The molecule has 2 aliphatic rings. The summed E-state index contributed by atoms with van der Waals surface area (Å²) in [5.41, 5.74) is 7.08. The van der Waals surface area contributed by atoms with Crippen LogP contribution in [0, 0.1) is 0 Å². The molecule has 3 heterocycles. The first-order chi connectivity index (χ1) is 9.78. The van der Waals surface area contributed by atoms with Gasteiger partial charge < -0.3 is 10.6 Å². The van der Waals surface area contributed by atoms with Crippen LogP contribution in [0.3, 0.4) is 0 Å². The minimum atomic E-state index is 0.121. The number of nitrogens with zero attached hydrogens (tertiary/aromatic N) is 3. The number of hydrogen-bond donors (Lipinski definition) is 1.